The maximum atomic E-state index is 5.93. The molecule has 0 amide bonds. The van der Waals surface area contributed by atoms with Crippen molar-refractivity contribution in [2.45, 2.75) is 27.3 Å². The average Bonchev–Trinajstić information content (AvgIpc) is 2.25. The summed E-state index contributed by atoms with van der Waals surface area (Å²) in [6.07, 6.45) is 1.79. The Balaban J connectivity index is 3.87. The molecule has 0 spiro atoms. The van der Waals surface area contributed by atoms with Gasteiger partial charge >= 0.3 is 0 Å². The normalized spacial score (nSPS) is 13.7. The van der Waals surface area contributed by atoms with E-state index in [-0.39, 0.29) is 0 Å². The summed E-state index contributed by atoms with van der Waals surface area (Å²) in [6, 6.07) is 0. The first-order valence-electron chi connectivity index (χ1n) is 5.67. The van der Waals surface area contributed by atoms with Crippen molar-refractivity contribution in [1.29, 1.82) is 0 Å². The predicted octanol–water partition coefficient (Wildman–Crippen LogP) is -0.205. The number of hydrogen-bond acceptors (Lipinski definition) is 3. The Morgan fingerprint density at radius 3 is 2.71 bits per heavy atom. The molecule has 2 N–H and O–H groups in total. The van der Waals surface area contributed by atoms with Crippen molar-refractivity contribution in [2.24, 2.45) is 10.7 Å². The molecule has 0 radical (unpaired) electrons. The number of rotatable bonds is 3. The lowest BCUT2D eigenvalue weighted by atomic mass is 10.2. The second-order valence-corrected chi connectivity index (χ2v) is 3.88. The average molecular weight is 232 g/mol. The molecule has 0 fully saturated rings. The Kier molecular flexibility index (Phi) is 4.26. The van der Waals surface area contributed by atoms with Gasteiger partial charge in [0.25, 0.3) is 0 Å². The number of hydrogen-bond donors (Lipinski definition) is 1. The molecule has 4 nitrogen and oxygen atoms in total. The molecule has 0 saturated carbocycles. The lowest BCUT2D eigenvalue weighted by Crippen LogP contribution is -2.50. The quantitative estimate of drug-likeness (QED) is 0.734. The molecule has 1 rings (SSSR count). The summed E-state index contributed by atoms with van der Waals surface area (Å²) in [5.74, 6) is 0. The molecule has 0 aliphatic carbocycles. The molecule has 1 aromatic rings. The number of nitrogens with two attached hydrogens (primary N) is 1. The molecule has 1 heterocycles. The van der Waals surface area contributed by atoms with Crippen LogP contribution in [0.25, 0.3) is 12.3 Å². The van der Waals surface area contributed by atoms with Gasteiger partial charge in [-0.1, -0.05) is 12.7 Å². The van der Waals surface area contributed by atoms with Crippen LogP contribution < -0.4 is 21.7 Å². The highest BCUT2D eigenvalue weighted by atomic mass is 15.3. The van der Waals surface area contributed by atoms with E-state index in [9.17, 15) is 0 Å². The summed E-state index contributed by atoms with van der Waals surface area (Å²) in [7, 11) is 0. The summed E-state index contributed by atoms with van der Waals surface area (Å²) in [5.41, 5.74) is 7.50. The van der Waals surface area contributed by atoms with Crippen LogP contribution >= 0.6 is 0 Å². The third kappa shape index (κ3) is 2.64. The lowest BCUT2D eigenvalue weighted by Gasteiger charge is -2.07. The molecule has 0 aliphatic heterocycles. The van der Waals surface area contributed by atoms with Crippen molar-refractivity contribution in [3.05, 3.63) is 34.3 Å². The standard InChI is InChI=1S/C13H20N4/c1-6-8-17-11(5)12(9(3)14)13(15-7-2)10(4)16-17/h6H,1,5,7-8,14H2,2-4H3. The molecule has 0 bridgehead atoms. The van der Waals surface area contributed by atoms with Gasteiger partial charge in [-0.3, -0.25) is 9.67 Å². The summed E-state index contributed by atoms with van der Waals surface area (Å²) < 4.78 is 1.79. The van der Waals surface area contributed by atoms with Gasteiger partial charge in [0.05, 0.1) is 22.9 Å². The maximum Gasteiger partial charge on any atom is 0.0914 e. The van der Waals surface area contributed by atoms with Gasteiger partial charge < -0.3 is 5.73 Å². The number of aromatic nitrogens is 2. The van der Waals surface area contributed by atoms with E-state index in [0.717, 1.165) is 21.6 Å². The first-order chi connectivity index (χ1) is 8.02. The molecular weight excluding hydrogens is 212 g/mol. The van der Waals surface area contributed by atoms with Crippen LogP contribution in [0.15, 0.2) is 17.6 Å². The number of nitrogens with zero attached hydrogens (tertiary/aromatic N) is 3. The van der Waals surface area contributed by atoms with Gasteiger partial charge in [0.1, 0.15) is 0 Å². The zero-order valence-corrected chi connectivity index (χ0v) is 10.8. The molecule has 0 unspecified atom stereocenters. The fourth-order valence-corrected chi connectivity index (χ4v) is 1.77. The van der Waals surface area contributed by atoms with Gasteiger partial charge in [0.2, 0.25) is 0 Å². The maximum absolute atomic E-state index is 5.93. The number of allylic oxidation sites excluding steroid dienone is 1. The van der Waals surface area contributed by atoms with Crippen molar-refractivity contribution in [3.8, 4) is 0 Å². The highest BCUT2D eigenvalue weighted by molar-refractivity contribution is 5.37. The molecule has 0 aromatic carbocycles. The minimum atomic E-state index is 0.617. The Morgan fingerprint density at radius 2 is 2.24 bits per heavy atom. The van der Waals surface area contributed by atoms with Crippen molar-refractivity contribution in [1.82, 2.24) is 9.78 Å². The fraction of sp³-hybridized carbons (Fsp3) is 0.385. The van der Waals surface area contributed by atoms with Crippen LogP contribution in [-0.2, 0) is 6.54 Å². The van der Waals surface area contributed by atoms with E-state index in [0.29, 0.717) is 18.8 Å². The smallest absolute Gasteiger partial charge is 0.0914 e. The zero-order chi connectivity index (χ0) is 13.0. The van der Waals surface area contributed by atoms with Crippen LogP contribution in [-0.4, -0.2) is 16.3 Å². The van der Waals surface area contributed by atoms with E-state index in [1.54, 1.807) is 10.8 Å². The van der Waals surface area contributed by atoms with Gasteiger partial charge in [-0.05, 0) is 20.8 Å². The highest BCUT2D eigenvalue weighted by Gasteiger charge is 2.02. The Morgan fingerprint density at radius 1 is 1.59 bits per heavy atom. The lowest BCUT2D eigenvalue weighted by molar-refractivity contribution is 0.631. The van der Waals surface area contributed by atoms with Gasteiger partial charge in [-0.15, -0.1) is 6.58 Å². The Hall–Kier alpha value is -1.84. The van der Waals surface area contributed by atoms with Crippen molar-refractivity contribution >= 4 is 12.3 Å². The van der Waals surface area contributed by atoms with Crippen molar-refractivity contribution in [2.75, 3.05) is 6.54 Å². The fourth-order valence-electron chi connectivity index (χ4n) is 1.77. The van der Waals surface area contributed by atoms with Crippen LogP contribution in [0.2, 0.25) is 0 Å². The van der Waals surface area contributed by atoms with E-state index >= 15 is 0 Å². The van der Waals surface area contributed by atoms with Gasteiger partial charge in [0, 0.05) is 17.5 Å². The second kappa shape index (κ2) is 5.48. The molecule has 0 saturated heterocycles. The summed E-state index contributed by atoms with van der Waals surface area (Å²) in [5, 5.41) is 6.96. The third-order valence-electron chi connectivity index (χ3n) is 2.46. The van der Waals surface area contributed by atoms with Crippen LogP contribution in [0.1, 0.15) is 19.5 Å². The Labute approximate surface area is 102 Å². The third-order valence-corrected chi connectivity index (χ3v) is 2.46. The van der Waals surface area contributed by atoms with E-state index in [1.165, 1.54) is 0 Å². The second-order valence-electron chi connectivity index (χ2n) is 3.88. The predicted molar refractivity (Wildman–Crippen MR) is 71.3 cm³/mol. The SMILES string of the molecule is C=CCn1nc(C)c(=NCC)c(=C(C)N)c1=C. The summed E-state index contributed by atoms with van der Waals surface area (Å²) in [4.78, 5) is 4.45. The van der Waals surface area contributed by atoms with E-state index in [1.807, 2.05) is 20.8 Å². The topological polar surface area (TPSA) is 56.2 Å². The van der Waals surface area contributed by atoms with E-state index in [2.05, 4.69) is 23.2 Å². The molecule has 1 aromatic heterocycles. The largest absolute Gasteiger partial charge is 0.402 e. The van der Waals surface area contributed by atoms with Gasteiger partial charge in [-0.2, -0.15) is 5.10 Å². The Bertz CT molecular complexity index is 589. The van der Waals surface area contributed by atoms with Crippen LogP contribution in [0.4, 0.5) is 0 Å². The molecule has 17 heavy (non-hydrogen) atoms. The van der Waals surface area contributed by atoms with Gasteiger partial charge in [-0.25, -0.2) is 0 Å². The zero-order valence-electron chi connectivity index (χ0n) is 10.8. The van der Waals surface area contributed by atoms with E-state index < -0.39 is 0 Å². The minimum absolute atomic E-state index is 0.617. The van der Waals surface area contributed by atoms with Crippen LogP contribution in [0.3, 0.4) is 0 Å². The molecule has 0 atom stereocenters. The first-order valence-corrected chi connectivity index (χ1v) is 5.67. The summed E-state index contributed by atoms with van der Waals surface area (Å²) >= 11 is 0. The highest BCUT2D eigenvalue weighted by Crippen LogP contribution is 1.80. The van der Waals surface area contributed by atoms with Crippen molar-refractivity contribution < 1.29 is 0 Å². The first kappa shape index (κ1) is 13.2. The molecular formula is C13H20N4. The van der Waals surface area contributed by atoms with Crippen molar-refractivity contribution in [3.63, 3.8) is 0 Å². The molecule has 92 valence electrons. The van der Waals surface area contributed by atoms with E-state index in [4.69, 9.17) is 5.73 Å². The monoisotopic (exact) mass is 232 g/mol. The van der Waals surface area contributed by atoms with Gasteiger partial charge in [0.15, 0.2) is 0 Å². The molecule has 0 aliphatic rings. The minimum Gasteiger partial charge on any atom is -0.402 e. The molecule has 4 heteroatoms. The van der Waals surface area contributed by atoms with Crippen LogP contribution in [0, 0.1) is 6.92 Å². The summed E-state index contributed by atoms with van der Waals surface area (Å²) in [6.45, 7) is 14.8. The number of aryl methyl sites for hydroxylation is 1. The van der Waals surface area contributed by atoms with Crippen LogP contribution in [0.5, 0.6) is 0 Å².